The normalized spacial score (nSPS) is 11.8. The van der Waals surface area contributed by atoms with Gasteiger partial charge in [-0.3, -0.25) is 5.32 Å². The van der Waals surface area contributed by atoms with Crippen LogP contribution in [0.4, 0.5) is 9.93 Å². The van der Waals surface area contributed by atoms with Gasteiger partial charge in [0.25, 0.3) is 0 Å². The lowest BCUT2D eigenvalue weighted by Gasteiger charge is -2.13. The summed E-state index contributed by atoms with van der Waals surface area (Å²) in [6.07, 6.45) is 2.65. The Hall–Kier alpha value is -1.63. The summed E-state index contributed by atoms with van der Waals surface area (Å²) >= 11 is 1.27. The van der Waals surface area contributed by atoms with Crippen LogP contribution in [0, 0.1) is 0 Å². The maximum absolute atomic E-state index is 11.4. The highest BCUT2D eigenvalue weighted by Gasteiger charge is 2.18. The van der Waals surface area contributed by atoms with Crippen LogP contribution in [0.15, 0.2) is 11.6 Å². The van der Waals surface area contributed by atoms with E-state index in [4.69, 9.17) is 5.11 Å². The minimum atomic E-state index is -1.03. The molecule has 1 aromatic heterocycles. The molecule has 3 N–H and O–H groups in total. The van der Waals surface area contributed by atoms with E-state index in [0.717, 1.165) is 0 Å². The van der Waals surface area contributed by atoms with Crippen molar-refractivity contribution in [2.45, 2.75) is 25.8 Å². The van der Waals surface area contributed by atoms with Crippen molar-refractivity contribution >= 4 is 28.5 Å². The molecule has 6 nitrogen and oxygen atoms in total. The Morgan fingerprint density at radius 1 is 1.62 bits per heavy atom. The van der Waals surface area contributed by atoms with Crippen molar-refractivity contribution in [1.29, 1.82) is 0 Å². The molecular formula is C9H13N3O3S. The van der Waals surface area contributed by atoms with Gasteiger partial charge in [-0.2, -0.15) is 0 Å². The quantitative estimate of drug-likeness (QED) is 0.731. The minimum Gasteiger partial charge on any atom is -0.480 e. The van der Waals surface area contributed by atoms with E-state index in [2.05, 4.69) is 15.6 Å². The average molecular weight is 243 g/mol. The molecule has 0 spiro atoms. The van der Waals surface area contributed by atoms with E-state index in [0.29, 0.717) is 18.0 Å². The number of urea groups is 1. The van der Waals surface area contributed by atoms with E-state index in [1.165, 1.54) is 11.3 Å². The van der Waals surface area contributed by atoms with Crippen LogP contribution < -0.4 is 10.6 Å². The molecule has 1 atom stereocenters. The minimum absolute atomic E-state index is 0.403. The molecule has 0 fully saturated rings. The van der Waals surface area contributed by atoms with Gasteiger partial charge in [-0.15, -0.1) is 11.3 Å². The van der Waals surface area contributed by atoms with Gasteiger partial charge in [-0.1, -0.05) is 13.3 Å². The molecule has 0 aromatic carbocycles. The molecule has 0 aliphatic heterocycles. The van der Waals surface area contributed by atoms with Gasteiger partial charge < -0.3 is 10.4 Å². The van der Waals surface area contributed by atoms with Crippen molar-refractivity contribution in [2.24, 2.45) is 0 Å². The van der Waals surface area contributed by atoms with Crippen LogP contribution >= 0.6 is 11.3 Å². The maximum atomic E-state index is 11.4. The molecule has 0 bridgehead atoms. The van der Waals surface area contributed by atoms with Crippen LogP contribution in [0.1, 0.15) is 19.8 Å². The number of anilines is 1. The number of aromatic nitrogens is 1. The number of nitrogens with zero attached hydrogens (tertiary/aromatic N) is 1. The number of carboxylic acids is 1. The zero-order valence-corrected chi connectivity index (χ0v) is 9.58. The van der Waals surface area contributed by atoms with Crippen molar-refractivity contribution in [2.75, 3.05) is 5.32 Å². The van der Waals surface area contributed by atoms with E-state index in [1.807, 2.05) is 6.92 Å². The van der Waals surface area contributed by atoms with Crippen LogP contribution in [0.2, 0.25) is 0 Å². The van der Waals surface area contributed by atoms with Gasteiger partial charge in [-0.25, -0.2) is 14.6 Å². The summed E-state index contributed by atoms with van der Waals surface area (Å²) in [5.41, 5.74) is 0. The number of nitrogens with one attached hydrogen (secondary N) is 2. The van der Waals surface area contributed by atoms with Crippen molar-refractivity contribution < 1.29 is 14.7 Å². The second-order valence-corrected chi connectivity index (χ2v) is 4.01. The number of amides is 2. The molecular weight excluding hydrogens is 230 g/mol. The first-order valence-corrected chi connectivity index (χ1v) is 5.71. The van der Waals surface area contributed by atoms with Crippen molar-refractivity contribution in [3.05, 3.63) is 11.6 Å². The largest absolute Gasteiger partial charge is 0.480 e. The van der Waals surface area contributed by atoms with Crippen LogP contribution in [-0.2, 0) is 4.79 Å². The molecule has 2 amide bonds. The third kappa shape index (κ3) is 3.85. The second-order valence-electron chi connectivity index (χ2n) is 3.12. The highest BCUT2D eigenvalue weighted by molar-refractivity contribution is 7.13. The molecule has 1 heterocycles. The zero-order chi connectivity index (χ0) is 12.0. The number of carboxylic acid groups (broad SMARTS) is 1. The van der Waals surface area contributed by atoms with Gasteiger partial charge in [0.1, 0.15) is 6.04 Å². The first-order valence-electron chi connectivity index (χ1n) is 4.83. The van der Waals surface area contributed by atoms with E-state index >= 15 is 0 Å². The first-order chi connectivity index (χ1) is 7.63. The van der Waals surface area contributed by atoms with E-state index < -0.39 is 18.0 Å². The Bertz CT molecular complexity index is 353. The van der Waals surface area contributed by atoms with Crippen LogP contribution in [-0.4, -0.2) is 28.1 Å². The van der Waals surface area contributed by atoms with E-state index in [9.17, 15) is 9.59 Å². The third-order valence-electron chi connectivity index (χ3n) is 1.83. The molecule has 0 radical (unpaired) electrons. The van der Waals surface area contributed by atoms with Crippen LogP contribution in [0.5, 0.6) is 0 Å². The van der Waals surface area contributed by atoms with Gasteiger partial charge in [0, 0.05) is 11.6 Å². The highest BCUT2D eigenvalue weighted by Crippen LogP contribution is 2.09. The Kier molecular flexibility index (Phi) is 4.71. The summed E-state index contributed by atoms with van der Waals surface area (Å²) in [7, 11) is 0. The molecule has 16 heavy (non-hydrogen) atoms. The molecule has 88 valence electrons. The fourth-order valence-electron chi connectivity index (χ4n) is 1.12. The van der Waals surface area contributed by atoms with Gasteiger partial charge >= 0.3 is 12.0 Å². The fourth-order valence-corrected chi connectivity index (χ4v) is 1.65. The lowest BCUT2D eigenvalue weighted by Crippen LogP contribution is -2.42. The Balaban J connectivity index is 2.45. The number of hydrogen-bond donors (Lipinski definition) is 3. The molecule has 0 saturated heterocycles. The van der Waals surface area contributed by atoms with E-state index in [-0.39, 0.29) is 0 Å². The first kappa shape index (κ1) is 12.4. The zero-order valence-electron chi connectivity index (χ0n) is 8.77. The fraction of sp³-hybridized carbons (Fsp3) is 0.444. The Labute approximate surface area is 96.7 Å². The number of carbonyl (C=O) groups excluding carboxylic acids is 1. The number of hydrogen-bond acceptors (Lipinski definition) is 4. The summed E-state index contributed by atoms with van der Waals surface area (Å²) in [5, 5.41) is 15.8. The Morgan fingerprint density at radius 2 is 2.38 bits per heavy atom. The van der Waals surface area contributed by atoms with Crippen LogP contribution in [0.3, 0.4) is 0 Å². The molecule has 1 aromatic rings. The van der Waals surface area contributed by atoms with Crippen molar-refractivity contribution in [3.63, 3.8) is 0 Å². The monoisotopic (exact) mass is 243 g/mol. The summed E-state index contributed by atoms with van der Waals surface area (Å²) in [5.74, 6) is -1.03. The third-order valence-corrected chi connectivity index (χ3v) is 2.52. The Morgan fingerprint density at radius 3 is 2.88 bits per heavy atom. The van der Waals surface area contributed by atoms with E-state index in [1.54, 1.807) is 11.6 Å². The number of aliphatic carboxylic acids is 1. The van der Waals surface area contributed by atoms with Crippen LogP contribution in [0.25, 0.3) is 0 Å². The molecule has 0 aliphatic rings. The molecule has 0 saturated carbocycles. The summed E-state index contributed by atoms with van der Waals surface area (Å²) in [4.78, 5) is 26.0. The lowest BCUT2D eigenvalue weighted by molar-refractivity contribution is -0.139. The van der Waals surface area contributed by atoms with Gasteiger partial charge in [-0.05, 0) is 6.42 Å². The molecule has 0 aliphatic carbocycles. The molecule has 7 heteroatoms. The topological polar surface area (TPSA) is 91.3 Å². The number of carbonyl (C=O) groups is 2. The predicted molar refractivity (Wildman–Crippen MR) is 60.6 cm³/mol. The lowest BCUT2D eigenvalue weighted by atomic mass is 10.2. The van der Waals surface area contributed by atoms with Gasteiger partial charge in [0.05, 0.1) is 0 Å². The highest BCUT2D eigenvalue weighted by atomic mass is 32.1. The molecule has 1 rings (SSSR count). The van der Waals surface area contributed by atoms with Gasteiger partial charge in [0.15, 0.2) is 5.13 Å². The van der Waals surface area contributed by atoms with Gasteiger partial charge in [0.2, 0.25) is 0 Å². The number of rotatable bonds is 5. The molecule has 1 unspecified atom stereocenters. The summed E-state index contributed by atoms with van der Waals surface area (Å²) in [6, 6.07) is -1.40. The SMILES string of the molecule is CCCC(NC(=O)Nc1nccs1)C(=O)O. The standard InChI is InChI=1S/C9H13N3O3S/c1-2-3-6(7(13)14)11-8(15)12-9-10-4-5-16-9/h4-6H,2-3H2,1H3,(H,13,14)(H2,10,11,12,15). The van der Waals surface area contributed by atoms with Crippen molar-refractivity contribution in [1.82, 2.24) is 10.3 Å². The maximum Gasteiger partial charge on any atom is 0.326 e. The van der Waals surface area contributed by atoms with Crippen molar-refractivity contribution in [3.8, 4) is 0 Å². The summed E-state index contributed by atoms with van der Waals surface area (Å²) in [6.45, 7) is 1.86. The average Bonchev–Trinajstić information content (AvgIpc) is 2.69. The predicted octanol–water partition coefficient (Wildman–Crippen LogP) is 1.52. The number of thiazole rings is 1. The summed E-state index contributed by atoms with van der Waals surface area (Å²) < 4.78 is 0. The smallest absolute Gasteiger partial charge is 0.326 e. The second kappa shape index (κ2) is 6.06.